The highest BCUT2D eigenvalue weighted by atomic mass is 32.2. The van der Waals surface area contributed by atoms with Gasteiger partial charge in [-0.2, -0.15) is 3.89 Å². The second-order valence-corrected chi connectivity index (χ2v) is 1.98. The number of hydrogen-bond donors (Lipinski definition) is 2. The SMILES string of the molecule is CC.CN=C(N)NCCSF. The molecular weight excluding hydrogens is 165 g/mol. The van der Waals surface area contributed by atoms with Crippen molar-refractivity contribution in [2.24, 2.45) is 10.7 Å². The molecule has 0 unspecified atom stereocenters. The monoisotopic (exact) mass is 181 g/mol. The van der Waals surface area contributed by atoms with Crippen molar-refractivity contribution >= 4 is 18.1 Å². The van der Waals surface area contributed by atoms with Crippen LogP contribution in [0, 0.1) is 0 Å². The summed E-state index contributed by atoms with van der Waals surface area (Å²) in [5.74, 6) is 0.750. The maximum absolute atomic E-state index is 11.3. The van der Waals surface area contributed by atoms with Crippen LogP contribution in [0.25, 0.3) is 0 Å². The van der Waals surface area contributed by atoms with Gasteiger partial charge >= 0.3 is 0 Å². The zero-order chi connectivity index (χ0) is 9.11. The molecule has 0 fully saturated rings. The highest BCUT2D eigenvalue weighted by Gasteiger charge is 1.87. The van der Waals surface area contributed by atoms with Gasteiger partial charge < -0.3 is 11.1 Å². The lowest BCUT2D eigenvalue weighted by atomic mass is 10.7. The van der Waals surface area contributed by atoms with Gasteiger partial charge in [-0.15, -0.1) is 0 Å². The fourth-order valence-electron chi connectivity index (χ4n) is 0.297. The number of nitrogens with two attached hydrogens (primary N) is 1. The first-order chi connectivity index (χ1) is 5.31. The van der Waals surface area contributed by atoms with E-state index >= 15 is 0 Å². The van der Waals surface area contributed by atoms with Crippen molar-refractivity contribution in [3.8, 4) is 0 Å². The molecule has 5 heteroatoms. The third kappa shape index (κ3) is 12.7. The maximum Gasteiger partial charge on any atom is 0.188 e. The Balaban J connectivity index is 0. The summed E-state index contributed by atoms with van der Waals surface area (Å²) in [5.41, 5.74) is 5.22. The Hall–Kier alpha value is -0.450. The average Bonchev–Trinajstić information content (AvgIpc) is 2.08. The third-order valence-electron chi connectivity index (χ3n) is 0.726. The van der Waals surface area contributed by atoms with Gasteiger partial charge in [0.25, 0.3) is 0 Å². The maximum atomic E-state index is 11.3. The van der Waals surface area contributed by atoms with Gasteiger partial charge in [0.2, 0.25) is 0 Å². The van der Waals surface area contributed by atoms with Gasteiger partial charge in [0.05, 0.1) is 0 Å². The average molecular weight is 181 g/mol. The zero-order valence-electron chi connectivity index (χ0n) is 7.22. The Bertz CT molecular complexity index is 97.8. The van der Waals surface area contributed by atoms with E-state index in [1.807, 2.05) is 13.8 Å². The Morgan fingerprint density at radius 2 is 2.18 bits per heavy atom. The fourth-order valence-corrected chi connectivity index (χ4v) is 0.476. The smallest absolute Gasteiger partial charge is 0.188 e. The summed E-state index contributed by atoms with van der Waals surface area (Å²) in [5, 5.41) is 2.70. The van der Waals surface area contributed by atoms with E-state index in [2.05, 4.69) is 10.3 Å². The van der Waals surface area contributed by atoms with Crippen molar-refractivity contribution in [3.63, 3.8) is 0 Å². The predicted molar refractivity (Wildman–Crippen MR) is 50.5 cm³/mol. The summed E-state index contributed by atoms with van der Waals surface area (Å²) >= 11 is 0.281. The summed E-state index contributed by atoms with van der Waals surface area (Å²) < 4.78 is 11.3. The molecule has 0 aliphatic rings. The van der Waals surface area contributed by atoms with Gasteiger partial charge in [0.15, 0.2) is 5.96 Å². The van der Waals surface area contributed by atoms with Crippen LogP contribution in [0.1, 0.15) is 13.8 Å². The zero-order valence-corrected chi connectivity index (χ0v) is 8.04. The Labute approximate surface area is 71.9 Å². The summed E-state index contributed by atoms with van der Waals surface area (Å²) in [6, 6.07) is 0. The van der Waals surface area contributed by atoms with Gasteiger partial charge in [0.1, 0.15) is 0 Å². The molecule has 0 spiro atoms. The molecule has 3 nitrogen and oxygen atoms in total. The van der Waals surface area contributed by atoms with Crippen LogP contribution in [-0.4, -0.2) is 25.3 Å². The van der Waals surface area contributed by atoms with Crippen molar-refractivity contribution in [2.45, 2.75) is 13.8 Å². The quantitative estimate of drug-likeness (QED) is 0.390. The normalized spacial score (nSPS) is 10.0. The molecule has 0 aromatic carbocycles. The standard InChI is InChI=1S/C4H10FN3S.C2H6/c1-7-4(6)8-2-3-9-5;1-2/h2-3H2,1H3,(H3,6,7,8);1-2H3. The molecule has 0 saturated heterocycles. The van der Waals surface area contributed by atoms with Crippen LogP contribution in [0.4, 0.5) is 3.89 Å². The van der Waals surface area contributed by atoms with E-state index in [1.165, 1.54) is 0 Å². The van der Waals surface area contributed by atoms with Crippen LogP contribution >= 0.6 is 12.1 Å². The molecule has 11 heavy (non-hydrogen) atoms. The highest BCUT2D eigenvalue weighted by Crippen LogP contribution is 1.95. The number of halogens is 1. The molecule has 0 amide bonds. The molecule has 0 atom stereocenters. The lowest BCUT2D eigenvalue weighted by Gasteiger charge is -1.99. The molecule has 0 heterocycles. The Morgan fingerprint density at radius 1 is 1.64 bits per heavy atom. The summed E-state index contributed by atoms with van der Waals surface area (Å²) in [7, 11) is 1.57. The molecule has 0 aliphatic heterocycles. The first kappa shape index (κ1) is 13.2. The Kier molecular flexibility index (Phi) is 14.7. The van der Waals surface area contributed by atoms with Crippen molar-refractivity contribution in [2.75, 3.05) is 19.3 Å². The number of aliphatic imine (C=N–C) groups is 1. The highest BCUT2D eigenvalue weighted by molar-refractivity contribution is 7.94. The van der Waals surface area contributed by atoms with Crippen molar-refractivity contribution in [3.05, 3.63) is 0 Å². The lowest BCUT2D eigenvalue weighted by molar-refractivity contribution is 0.903. The minimum absolute atomic E-state index is 0.281. The molecule has 0 rings (SSSR count). The van der Waals surface area contributed by atoms with Crippen LogP contribution in [-0.2, 0) is 0 Å². The van der Waals surface area contributed by atoms with Crippen LogP contribution in [0.5, 0.6) is 0 Å². The number of hydrogen-bond acceptors (Lipinski definition) is 2. The van der Waals surface area contributed by atoms with Crippen molar-refractivity contribution in [1.29, 1.82) is 0 Å². The van der Waals surface area contributed by atoms with Crippen LogP contribution in [0.2, 0.25) is 0 Å². The van der Waals surface area contributed by atoms with Gasteiger partial charge in [-0.1, -0.05) is 13.8 Å². The number of nitrogens with one attached hydrogen (secondary N) is 1. The Morgan fingerprint density at radius 3 is 2.55 bits per heavy atom. The van der Waals surface area contributed by atoms with E-state index in [-0.39, 0.29) is 12.1 Å². The molecule has 68 valence electrons. The van der Waals surface area contributed by atoms with Gasteiger partial charge in [-0.25, -0.2) is 0 Å². The minimum atomic E-state index is 0.281. The molecule has 0 aliphatic carbocycles. The summed E-state index contributed by atoms with van der Waals surface area (Å²) in [6.07, 6.45) is 0. The molecule has 0 bridgehead atoms. The number of rotatable bonds is 3. The first-order valence-electron chi connectivity index (χ1n) is 3.51. The largest absolute Gasteiger partial charge is 0.370 e. The van der Waals surface area contributed by atoms with E-state index in [0.717, 1.165) is 0 Å². The van der Waals surface area contributed by atoms with Gasteiger partial charge in [-0.3, -0.25) is 4.99 Å². The molecule has 0 saturated carbocycles. The molecule has 3 N–H and O–H groups in total. The van der Waals surface area contributed by atoms with Crippen LogP contribution in [0.3, 0.4) is 0 Å². The van der Waals surface area contributed by atoms with Gasteiger partial charge in [0, 0.05) is 31.5 Å². The van der Waals surface area contributed by atoms with Gasteiger partial charge in [-0.05, 0) is 0 Å². The van der Waals surface area contributed by atoms with Crippen molar-refractivity contribution in [1.82, 2.24) is 5.32 Å². The number of guanidine groups is 1. The summed E-state index contributed by atoms with van der Waals surface area (Å²) in [6.45, 7) is 4.52. The molecule has 0 radical (unpaired) electrons. The van der Waals surface area contributed by atoms with E-state index in [1.54, 1.807) is 7.05 Å². The third-order valence-corrected chi connectivity index (χ3v) is 1.08. The first-order valence-corrected chi connectivity index (χ1v) is 4.39. The topological polar surface area (TPSA) is 50.4 Å². The second kappa shape index (κ2) is 12.2. The van der Waals surface area contributed by atoms with Crippen molar-refractivity contribution < 1.29 is 3.89 Å². The summed E-state index contributed by atoms with van der Waals surface area (Å²) in [4.78, 5) is 3.61. The molecular formula is C6H16FN3S. The molecule has 0 aromatic heterocycles. The van der Waals surface area contributed by atoms with E-state index in [4.69, 9.17) is 5.73 Å². The fraction of sp³-hybridized carbons (Fsp3) is 0.833. The van der Waals surface area contributed by atoms with E-state index in [9.17, 15) is 3.89 Å². The van der Waals surface area contributed by atoms with Crippen LogP contribution < -0.4 is 11.1 Å². The lowest BCUT2D eigenvalue weighted by Crippen LogP contribution is -2.32. The minimum Gasteiger partial charge on any atom is -0.370 e. The van der Waals surface area contributed by atoms with Crippen LogP contribution in [0.15, 0.2) is 4.99 Å². The van der Waals surface area contributed by atoms with E-state index < -0.39 is 0 Å². The second-order valence-electron chi connectivity index (χ2n) is 1.35. The predicted octanol–water partition coefficient (Wildman–Crippen LogP) is 1.16. The van der Waals surface area contributed by atoms with E-state index in [0.29, 0.717) is 18.3 Å². The molecule has 0 aromatic rings. The number of nitrogens with zero attached hydrogens (tertiary/aromatic N) is 1.